The Labute approximate surface area is 121 Å². The molecule has 20 heavy (non-hydrogen) atoms. The van der Waals surface area contributed by atoms with Gasteiger partial charge in [0.25, 0.3) is 0 Å². The highest BCUT2D eigenvalue weighted by molar-refractivity contribution is 5.16. The number of benzene rings is 1. The Kier molecular flexibility index (Phi) is 5.95. The van der Waals surface area contributed by atoms with Crippen LogP contribution in [0.25, 0.3) is 0 Å². The smallest absolute Gasteiger partial charge is 0.123 e. The van der Waals surface area contributed by atoms with Crippen LogP contribution in [0.15, 0.2) is 24.3 Å². The standard InChI is InChI=1S/C16H25FN2O/c1-3-7-18-16-12-20-11-14(16)10-19(2)9-13-5-4-6-15(17)8-13/h4-6,8,14,16,18H,3,7,9-12H2,1-2H3. The van der Waals surface area contributed by atoms with Gasteiger partial charge in [0, 0.05) is 25.0 Å². The fraction of sp³-hybridized carbons (Fsp3) is 0.625. The number of nitrogens with zero attached hydrogens (tertiary/aromatic N) is 1. The van der Waals surface area contributed by atoms with Crippen LogP contribution < -0.4 is 5.32 Å². The van der Waals surface area contributed by atoms with Crippen LogP contribution >= 0.6 is 0 Å². The van der Waals surface area contributed by atoms with Crippen LogP contribution in [-0.2, 0) is 11.3 Å². The molecule has 1 heterocycles. The lowest BCUT2D eigenvalue weighted by Gasteiger charge is -2.25. The lowest BCUT2D eigenvalue weighted by Crippen LogP contribution is -2.41. The number of rotatable bonds is 7. The van der Waals surface area contributed by atoms with E-state index >= 15 is 0 Å². The average Bonchev–Trinajstić information content (AvgIpc) is 2.83. The molecule has 0 bridgehead atoms. The maximum Gasteiger partial charge on any atom is 0.123 e. The molecule has 0 amide bonds. The lowest BCUT2D eigenvalue weighted by atomic mass is 10.0. The van der Waals surface area contributed by atoms with E-state index in [2.05, 4.69) is 24.2 Å². The van der Waals surface area contributed by atoms with Gasteiger partial charge in [0.1, 0.15) is 5.82 Å². The van der Waals surface area contributed by atoms with Crippen LogP contribution in [0, 0.1) is 11.7 Å². The summed E-state index contributed by atoms with van der Waals surface area (Å²) < 4.78 is 18.8. The molecule has 1 fully saturated rings. The van der Waals surface area contributed by atoms with Crippen molar-refractivity contribution in [3.8, 4) is 0 Å². The Bertz CT molecular complexity index is 413. The van der Waals surface area contributed by atoms with Gasteiger partial charge in [-0.3, -0.25) is 0 Å². The highest BCUT2D eigenvalue weighted by Crippen LogP contribution is 2.16. The summed E-state index contributed by atoms with van der Waals surface area (Å²) in [5, 5.41) is 3.55. The van der Waals surface area contributed by atoms with Gasteiger partial charge in [0.15, 0.2) is 0 Å². The molecule has 0 radical (unpaired) electrons. The van der Waals surface area contributed by atoms with Gasteiger partial charge in [-0.2, -0.15) is 0 Å². The summed E-state index contributed by atoms with van der Waals surface area (Å²) in [5.41, 5.74) is 1.02. The number of hydrogen-bond acceptors (Lipinski definition) is 3. The minimum absolute atomic E-state index is 0.164. The zero-order valence-corrected chi connectivity index (χ0v) is 12.4. The van der Waals surface area contributed by atoms with E-state index < -0.39 is 0 Å². The van der Waals surface area contributed by atoms with E-state index in [0.717, 1.165) is 44.8 Å². The van der Waals surface area contributed by atoms with E-state index in [1.54, 1.807) is 12.1 Å². The molecule has 0 saturated carbocycles. The van der Waals surface area contributed by atoms with Crippen LogP contribution in [0.4, 0.5) is 4.39 Å². The quantitative estimate of drug-likeness (QED) is 0.829. The molecule has 0 aliphatic carbocycles. The van der Waals surface area contributed by atoms with Gasteiger partial charge in [-0.25, -0.2) is 4.39 Å². The normalized spacial score (nSPS) is 22.6. The van der Waals surface area contributed by atoms with Crippen molar-refractivity contribution in [3.63, 3.8) is 0 Å². The third kappa shape index (κ3) is 4.54. The highest BCUT2D eigenvalue weighted by atomic mass is 19.1. The second kappa shape index (κ2) is 7.72. The molecule has 0 spiro atoms. The van der Waals surface area contributed by atoms with Gasteiger partial charge in [-0.05, 0) is 37.7 Å². The molecule has 2 rings (SSSR count). The molecule has 1 N–H and O–H groups in total. The Morgan fingerprint density at radius 1 is 1.40 bits per heavy atom. The Balaban J connectivity index is 1.82. The second-order valence-electron chi connectivity index (χ2n) is 5.68. The van der Waals surface area contributed by atoms with Crippen LogP contribution in [0.2, 0.25) is 0 Å². The Morgan fingerprint density at radius 2 is 2.25 bits per heavy atom. The Morgan fingerprint density at radius 3 is 3.00 bits per heavy atom. The first-order chi connectivity index (χ1) is 9.69. The molecule has 2 atom stereocenters. The molecule has 1 aliphatic heterocycles. The van der Waals surface area contributed by atoms with Crippen LogP contribution in [-0.4, -0.2) is 44.3 Å². The zero-order valence-electron chi connectivity index (χ0n) is 12.4. The van der Waals surface area contributed by atoms with Gasteiger partial charge in [-0.1, -0.05) is 19.1 Å². The van der Waals surface area contributed by atoms with Crippen molar-refractivity contribution in [1.29, 1.82) is 0 Å². The first-order valence-corrected chi connectivity index (χ1v) is 7.43. The van der Waals surface area contributed by atoms with Crippen molar-refractivity contribution in [3.05, 3.63) is 35.6 Å². The fourth-order valence-corrected chi connectivity index (χ4v) is 2.75. The van der Waals surface area contributed by atoms with E-state index in [1.165, 1.54) is 6.07 Å². The SMILES string of the molecule is CCCNC1COCC1CN(C)Cc1cccc(F)c1. The monoisotopic (exact) mass is 280 g/mol. The van der Waals surface area contributed by atoms with E-state index in [4.69, 9.17) is 4.74 Å². The highest BCUT2D eigenvalue weighted by Gasteiger charge is 2.28. The first-order valence-electron chi connectivity index (χ1n) is 7.43. The van der Waals surface area contributed by atoms with Crippen LogP contribution in [0.5, 0.6) is 0 Å². The fourth-order valence-electron chi connectivity index (χ4n) is 2.75. The number of nitrogens with one attached hydrogen (secondary N) is 1. The van der Waals surface area contributed by atoms with Crippen molar-refractivity contribution >= 4 is 0 Å². The van der Waals surface area contributed by atoms with Crippen molar-refractivity contribution in [2.75, 3.05) is 33.4 Å². The lowest BCUT2D eigenvalue weighted by molar-refractivity contribution is 0.172. The molecular formula is C16H25FN2O. The van der Waals surface area contributed by atoms with Gasteiger partial charge >= 0.3 is 0 Å². The van der Waals surface area contributed by atoms with Gasteiger partial charge in [-0.15, -0.1) is 0 Å². The summed E-state index contributed by atoms with van der Waals surface area (Å²) >= 11 is 0. The maximum atomic E-state index is 13.2. The molecule has 4 heteroatoms. The summed E-state index contributed by atoms with van der Waals surface area (Å²) in [7, 11) is 2.08. The molecule has 1 aliphatic rings. The number of halogens is 1. The van der Waals surface area contributed by atoms with Gasteiger partial charge in [0.05, 0.1) is 13.2 Å². The molecule has 112 valence electrons. The summed E-state index contributed by atoms with van der Waals surface area (Å²) in [6.45, 7) is 6.58. The third-order valence-corrected chi connectivity index (χ3v) is 3.74. The van der Waals surface area contributed by atoms with Gasteiger partial charge in [0.2, 0.25) is 0 Å². The topological polar surface area (TPSA) is 24.5 Å². The predicted octanol–water partition coefficient (Wildman–Crippen LogP) is 2.27. The molecule has 1 aromatic rings. The van der Waals surface area contributed by atoms with Crippen LogP contribution in [0.1, 0.15) is 18.9 Å². The minimum atomic E-state index is -0.164. The average molecular weight is 280 g/mol. The molecule has 3 nitrogen and oxygen atoms in total. The van der Waals surface area contributed by atoms with Crippen LogP contribution in [0.3, 0.4) is 0 Å². The second-order valence-corrected chi connectivity index (χ2v) is 5.68. The molecule has 1 saturated heterocycles. The predicted molar refractivity (Wildman–Crippen MR) is 79.1 cm³/mol. The zero-order chi connectivity index (χ0) is 14.4. The molecule has 0 aromatic heterocycles. The summed E-state index contributed by atoms with van der Waals surface area (Å²) in [6, 6.07) is 7.28. The molecule has 2 unspecified atom stereocenters. The van der Waals surface area contributed by atoms with E-state index in [0.29, 0.717) is 12.0 Å². The summed E-state index contributed by atoms with van der Waals surface area (Å²) in [5.74, 6) is 0.350. The van der Waals surface area contributed by atoms with Crippen molar-refractivity contribution < 1.29 is 9.13 Å². The third-order valence-electron chi connectivity index (χ3n) is 3.74. The Hall–Kier alpha value is -0.970. The number of hydrogen-bond donors (Lipinski definition) is 1. The summed E-state index contributed by atoms with van der Waals surface area (Å²) in [6.07, 6.45) is 1.14. The van der Waals surface area contributed by atoms with Crippen molar-refractivity contribution in [2.24, 2.45) is 5.92 Å². The summed E-state index contributed by atoms with van der Waals surface area (Å²) in [4.78, 5) is 2.24. The number of ether oxygens (including phenoxy) is 1. The minimum Gasteiger partial charge on any atom is -0.379 e. The van der Waals surface area contributed by atoms with Crippen molar-refractivity contribution in [1.82, 2.24) is 10.2 Å². The van der Waals surface area contributed by atoms with E-state index in [1.807, 2.05) is 6.07 Å². The van der Waals surface area contributed by atoms with E-state index in [9.17, 15) is 4.39 Å². The molecular weight excluding hydrogens is 255 g/mol. The van der Waals surface area contributed by atoms with E-state index in [-0.39, 0.29) is 5.82 Å². The first kappa shape index (κ1) is 15.4. The maximum absolute atomic E-state index is 13.2. The van der Waals surface area contributed by atoms with Gasteiger partial charge < -0.3 is 15.0 Å². The largest absolute Gasteiger partial charge is 0.379 e. The van der Waals surface area contributed by atoms with Crippen molar-refractivity contribution in [2.45, 2.75) is 25.9 Å². The molecule has 1 aromatic carbocycles.